The van der Waals surface area contributed by atoms with Gasteiger partial charge < -0.3 is 25.4 Å². The molecule has 3 aliphatic heterocycles. The second kappa shape index (κ2) is 9.98. The number of hydrogen-bond acceptors (Lipinski definition) is 5. The molecule has 1 spiro atoms. The van der Waals surface area contributed by atoms with Crippen LogP contribution in [0.25, 0.3) is 0 Å². The number of aliphatic hydroxyl groups is 1. The maximum Gasteiger partial charge on any atom is 0.250 e. The first-order valence-electron chi connectivity index (χ1n) is 13.1. The molecule has 0 aliphatic carbocycles. The zero-order valence-corrected chi connectivity index (χ0v) is 22.6. The van der Waals surface area contributed by atoms with Gasteiger partial charge in [0.05, 0.1) is 30.1 Å². The van der Waals surface area contributed by atoms with Crippen LogP contribution >= 0.6 is 11.6 Å². The van der Waals surface area contributed by atoms with E-state index in [0.29, 0.717) is 30.1 Å². The highest BCUT2D eigenvalue weighted by atomic mass is 35.5. The minimum absolute atomic E-state index is 0.122. The summed E-state index contributed by atoms with van der Waals surface area (Å²) in [4.78, 5) is 43.2. The summed E-state index contributed by atoms with van der Waals surface area (Å²) in [6.45, 7) is 5.69. The molecule has 202 valence electrons. The van der Waals surface area contributed by atoms with Gasteiger partial charge in [0.2, 0.25) is 17.7 Å². The Hall–Kier alpha value is -2.94. The van der Waals surface area contributed by atoms with E-state index in [1.165, 1.54) is 4.90 Å². The molecule has 3 aliphatic rings. The number of carbonyl (C=O) groups is 3. The van der Waals surface area contributed by atoms with Crippen molar-refractivity contribution in [3.8, 4) is 0 Å². The van der Waals surface area contributed by atoms with Gasteiger partial charge in [-0.15, -0.1) is 0 Å². The van der Waals surface area contributed by atoms with Crippen molar-refractivity contribution in [2.75, 3.05) is 11.9 Å². The summed E-state index contributed by atoms with van der Waals surface area (Å²) in [7, 11) is 0. The highest BCUT2D eigenvalue weighted by molar-refractivity contribution is 6.30. The number of amides is 3. The van der Waals surface area contributed by atoms with E-state index in [1.54, 1.807) is 24.3 Å². The lowest BCUT2D eigenvalue weighted by molar-refractivity contribution is -0.149. The van der Waals surface area contributed by atoms with Crippen molar-refractivity contribution in [3.05, 3.63) is 65.2 Å². The van der Waals surface area contributed by atoms with Gasteiger partial charge in [-0.25, -0.2) is 0 Å². The van der Waals surface area contributed by atoms with Crippen LogP contribution in [0.2, 0.25) is 5.02 Å². The molecule has 0 radical (unpaired) electrons. The third-order valence-electron chi connectivity index (χ3n) is 8.48. The molecule has 3 saturated heterocycles. The van der Waals surface area contributed by atoms with E-state index in [1.807, 2.05) is 51.1 Å². The number of halogens is 1. The Kier molecular flexibility index (Phi) is 7.00. The zero-order chi connectivity index (χ0) is 27.2. The lowest BCUT2D eigenvalue weighted by Gasteiger charge is -2.38. The summed E-state index contributed by atoms with van der Waals surface area (Å²) in [5.74, 6) is -2.70. The number of carbonyl (C=O) groups excluding carboxylic acids is 3. The molecule has 2 bridgehead atoms. The molecule has 2 aromatic rings. The molecule has 3 N–H and O–H groups in total. The number of benzene rings is 2. The maximum absolute atomic E-state index is 14.2. The Bertz CT molecular complexity index is 1220. The fraction of sp³-hybridized carbons (Fsp3) is 0.483. The molecule has 9 heteroatoms. The third-order valence-corrected chi connectivity index (χ3v) is 8.73. The number of aliphatic hydroxyl groups excluding tert-OH is 1. The lowest BCUT2D eigenvalue weighted by Crippen LogP contribution is -2.57. The summed E-state index contributed by atoms with van der Waals surface area (Å²) >= 11 is 6.01. The number of nitrogens with zero attached hydrogens (tertiary/aromatic N) is 1. The molecule has 0 saturated carbocycles. The molecule has 6 atom stereocenters. The van der Waals surface area contributed by atoms with Gasteiger partial charge in [-0.05, 0) is 55.5 Å². The first kappa shape index (κ1) is 26.7. The number of hydrogen-bond donors (Lipinski definition) is 3. The average Bonchev–Trinajstić information content (AvgIpc) is 3.46. The van der Waals surface area contributed by atoms with Gasteiger partial charge >= 0.3 is 0 Å². The standard InChI is InChI=1S/C29H34ClN3O5/c1-17(2)21(16-34)33-24(26(36)32-20-11-9-19(30)10-12-20)29-14-13-28(3,38-29)22(23(29)27(33)37)25(35)31-15-18-7-5-4-6-8-18/h4-12,17,21-24,34H,13-16H2,1-3H3,(H,31,35)(H,32,36)/t21-,22-,23-,24?,28+,29?/m0/s1. The van der Waals surface area contributed by atoms with Crippen molar-refractivity contribution in [1.29, 1.82) is 0 Å². The van der Waals surface area contributed by atoms with Gasteiger partial charge in [-0.1, -0.05) is 55.8 Å². The Labute approximate surface area is 227 Å². The van der Waals surface area contributed by atoms with Crippen LogP contribution in [-0.2, 0) is 25.7 Å². The Morgan fingerprint density at radius 1 is 1.11 bits per heavy atom. The van der Waals surface area contributed by atoms with E-state index in [0.717, 1.165) is 5.56 Å². The number of anilines is 1. The Balaban J connectivity index is 1.50. The van der Waals surface area contributed by atoms with Crippen molar-refractivity contribution in [2.45, 2.75) is 63.4 Å². The number of likely N-dealkylation sites (tertiary alicyclic amines) is 1. The molecule has 8 nitrogen and oxygen atoms in total. The number of rotatable bonds is 8. The quantitative estimate of drug-likeness (QED) is 0.477. The summed E-state index contributed by atoms with van der Waals surface area (Å²) in [6, 6.07) is 14.7. The molecule has 38 heavy (non-hydrogen) atoms. The van der Waals surface area contributed by atoms with Crippen LogP contribution in [0.5, 0.6) is 0 Å². The molecule has 2 aromatic carbocycles. The van der Waals surface area contributed by atoms with E-state index < -0.39 is 41.0 Å². The molecule has 0 aromatic heterocycles. The number of fused-ring (bicyclic) bond motifs is 1. The largest absolute Gasteiger partial charge is 0.394 e. The van der Waals surface area contributed by atoms with Crippen LogP contribution in [0.3, 0.4) is 0 Å². The van der Waals surface area contributed by atoms with Gasteiger partial charge in [0, 0.05) is 17.3 Å². The Morgan fingerprint density at radius 3 is 2.42 bits per heavy atom. The molecule has 5 rings (SSSR count). The SMILES string of the molecule is CC(C)[C@H](CO)N1C(=O)[C@@H]2[C@@H](C(=O)NCc3ccccc3)[C@@]3(C)CCC2(O3)C1C(=O)Nc1ccc(Cl)cc1. The second-order valence-electron chi connectivity index (χ2n) is 11.2. The molecule has 3 fully saturated rings. The first-order valence-corrected chi connectivity index (χ1v) is 13.5. The van der Waals surface area contributed by atoms with Crippen molar-refractivity contribution < 1.29 is 24.2 Å². The van der Waals surface area contributed by atoms with E-state index in [4.69, 9.17) is 16.3 Å². The topological polar surface area (TPSA) is 108 Å². The Morgan fingerprint density at radius 2 is 1.79 bits per heavy atom. The van der Waals surface area contributed by atoms with Crippen LogP contribution < -0.4 is 10.6 Å². The van der Waals surface area contributed by atoms with Crippen molar-refractivity contribution in [2.24, 2.45) is 17.8 Å². The van der Waals surface area contributed by atoms with Crippen LogP contribution in [0.15, 0.2) is 54.6 Å². The predicted octanol–water partition coefficient (Wildman–Crippen LogP) is 3.38. The van der Waals surface area contributed by atoms with Crippen molar-refractivity contribution in [1.82, 2.24) is 10.2 Å². The normalized spacial score (nSPS) is 30.4. The summed E-state index contributed by atoms with van der Waals surface area (Å²) < 4.78 is 6.64. The van der Waals surface area contributed by atoms with E-state index in [2.05, 4.69) is 10.6 Å². The molecule has 2 unspecified atom stereocenters. The molecular formula is C29H34ClN3O5. The first-order chi connectivity index (χ1) is 18.1. The lowest BCUT2D eigenvalue weighted by atomic mass is 9.66. The minimum atomic E-state index is -1.17. The smallest absolute Gasteiger partial charge is 0.250 e. The second-order valence-corrected chi connectivity index (χ2v) is 11.6. The van der Waals surface area contributed by atoms with Gasteiger partial charge in [0.1, 0.15) is 11.6 Å². The van der Waals surface area contributed by atoms with Crippen LogP contribution in [0.1, 0.15) is 39.2 Å². The van der Waals surface area contributed by atoms with Gasteiger partial charge in [0.25, 0.3) is 0 Å². The zero-order valence-electron chi connectivity index (χ0n) is 21.8. The van der Waals surface area contributed by atoms with E-state index in [9.17, 15) is 19.5 Å². The van der Waals surface area contributed by atoms with Crippen LogP contribution in [0.4, 0.5) is 5.69 Å². The van der Waals surface area contributed by atoms with Crippen molar-refractivity contribution >= 4 is 35.0 Å². The fourth-order valence-electron chi connectivity index (χ4n) is 6.68. The summed E-state index contributed by atoms with van der Waals surface area (Å²) in [6.07, 6.45) is 1.01. The van der Waals surface area contributed by atoms with Gasteiger partial charge in [-0.2, -0.15) is 0 Å². The predicted molar refractivity (Wildman–Crippen MR) is 143 cm³/mol. The minimum Gasteiger partial charge on any atom is -0.394 e. The van der Waals surface area contributed by atoms with Crippen LogP contribution in [-0.4, -0.2) is 57.6 Å². The van der Waals surface area contributed by atoms with Gasteiger partial charge in [0.15, 0.2) is 0 Å². The molecule has 3 amide bonds. The third kappa shape index (κ3) is 4.28. The van der Waals surface area contributed by atoms with E-state index >= 15 is 0 Å². The summed E-state index contributed by atoms with van der Waals surface area (Å²) in [5.41, 5.74) is -0.560. The molecular weight excluding hydrogens is 506 g/mol. The summed E-state index contributed by atoms with van der Waals surface area (Å²) in [5, 5.41) is 16.8. The highest BCUT2D eigenvalue weighted by Gasteiger charge is 2.78. The number of ether oxygens (including phenoxy) is 1. The average molecular weight is 540 g/mol. The highest BCUT2D eigenvalue weighted by Crippen LogP contribution is 2.63. The monoisotopic (exact) mass is 539 g/mol. The fourth-order valence-corrected chi connectivity index (χ4v) is 6.81. The number of nitrogens with one attached hydrogen (secondary N) is 2. The maximum atomic E-state index is 14.2. The van der Waals surface area contributed by atoms with Crippen molar-refractivity contribution in [3.63, 3.8) is 0 Å². The molecule has 3 heterocycles. The van der Waals surface area contributed by atoms with Gasteiger partial charge in [-0.3, -0.25) is 14.4 Å². The van der Waals surface area contributed by atoms with E-state index in [-0.39, 0.29) is 24.3 Å². The van der Waals surface area contributed by atoms with Crippen LogP contribution in [0, 0.1) is 17.8 Å².